The third-order valence-corrected chi connectivity index (χ3v) is 4.72. The highest BCUT2D eigenvalue weighted by Gasteiger charge is 2.21. The van der Waals surface area contributed by atoms with E-state index in [2.05, 4.69) is 26.7 Å². The predicted molar refractivity (Wildman–Crippen MR) is 103 cm³/mol. The van der Waals surface area contributed by atoms with Crippen molar-refractivity contribution in [2.45, 2.75) is 26.8 Å². The van der Waals surface area contributed by atoms with Gasteiger partial charge in [-0.05, 0) is 44.0 Å². The van der Waals surface area contributed by atoms with Crippen molar-refractivity contribution in [2.75, 3.05) is 0 Å². The first-order valence-corrected chi connectivity index (χ1v) is 8.70. The molecule has 0 aliphatic heterocycles. The van der Waals surface area contributed by atoms with Crippen molar-refractivity contribution in [1.29, 1.82) is 0 Å². The quantitative estimate of drug-likeness (QED) is 0.587. The fourth-order valence-electron chi connectivity index (χ4n) is 3.41. The molecule has 0 saturated heterocycles. The molecule has 0 fully saturated rings. The Hall–Kier alpha value is -3.48. The van der Waals surface area contributed by atoms with Crippen LogP contribution in [0.4, 0.5) is 0 Å². The Morgan fingerprint density at radius 3 is 2.74 bits per heavy atom. The summed E-state index contributed by atoms with van der Waals surface area (Å²) in [5.74, 6) is -0.432. The molecule has 2 aromatic heterocycles. The van der Waals surface area contributed by atoms with E-state index < -0.39 is 11.5 Å². The summed E-state index contributed by atoms with van der Waals surface area (Å²) in [6.45, 7) is 5.94. The van der Waals surface area contributed by atoms with Crippen molar-refractivity contribution in [3.63, 3.8) is 0 Å². The van der Waals surface area contributed by atoms with Gasteiger partial charge in [0, 0.05) is 0 Å². The summed E-state index contributed by atoms with van der Waals surface area (Å²) in [5, 5.41) is 10.9. The number of fused-ring (bicyclic) bond motifs is 3. The molecule has 0 radical (unpaired) electrons. The number of amides is 1. The van der Waals surface area contributed by atoms with Crippen molar-refractivity contribution in [1.82, 2.24) is 25.1 Å². The molecule has 2 N–H and O–H groups in total. The van der Waals surface area contributed by atoms with E-state index in [1.54, 1.807) is 6.07 Å². The van der Waals surface area contributed by atoms with E-state index in [0.29, 0.717) is 11.0 Å². The second-order valence-electron chi connectivity index (χ2n) is 6.72. The SMILES string of the molecule is Cc1ccc([C@H](C)NC(=O)c2nnn3c2c(=O)[nH]c2ccccc23)c(C)c1. The smallest absolute Gasteiger partial charge is 0.277 e. The Labute approximate surface area is 155 Å². The van der Waals surface area contributed by atoms with E-state index >= 15 is 0 Å². The van der Waals surface area contributed by atoms with Crippen LogP contribution in [-0.2, 0) is 0 Å². The second-order valence-corrected chi connectivity index (χ2v) is 6.72. The number of H-pyrrole nitrogens is 1. The van der Waals surface area contributed by atoms with Gasteiger partial charge >= 0.3 is 0 Å². The van der Waals surface area contributed by atoms with Crippen LogP contribution in [0.1, 0.15) is 40.1 Å². The first-order valence-electron chi connectivity index (χ1n) is 8.70. The molecule has 0 saturated carbocycles. The van der Waals surface area contributed by atoms with Crippen LogP contribution >= 0.6 is 0 Å². The second kappa shape index (κ2) is 6.35. The van der Waals surface area contributed by atoms with Crippen LogP contribution < -0.4 is 10.9 Å². The maximum atomic E-state index is 12.8. The zero-order valence-corrected chi connectivity index (χ0v) is 15.3. The molecule has 2 heterocycles. The Kier molecular flexibility index (Phi) is 3.99. The normalized spacial score (nSPS) is 12.4. The average molecular weight is 361 g/mol. The summed E-state index contributed by atoms with van der Waals surface area (Å²) in [4.78, 5) is 28.1. The number of benzene rings is 2. The van der Waals surface area contributed by atoms with Crippen LogP contribution in [0.2, 0.25) is 0 Å². The molecule has 4 aromatic rings. The van der Waals surface area contributed by atoms with Gasteiger partial charge in [-0.15, -0.1) is 5.10 Å². The number of aromatic nitrogens is 4. The van der Waals surface area contributed by atoms with E-state index in [1.165, 1.54) is 4.52 Å². The maximum Gasteiger partial charge on any atom is 0.277 e. The molecule has 4 rings (SSSR count). The van der Waals surface area contributed by atoms with Gasteiger partial charge in [-0.3, -0.25) is 9.59 Å². The van der Waals surface area contributed by atoms with Crippen molar-refractivity contribution in [3.8, 4) is 0 Å². The van der Waals surface area contributed by atoms with Crippen molar-refractivity contribution >= 4 is 22.5 Å². The Balaban J connectivity index is 1.73. The van der Waals surface area contributed by atoms with Gasteiger partial charge in [-0.1, -0.05) is 41.1 Å². The molecule has 136 valence electrons. The molecule has 27 heavy (non-hydrogen) atoms. The molecule has 0 unspecified atom stereocenters. The summed E-state index contributed by atoms with van der Waals surface area (Å²) in [5.41, 5.74) is 4.35. The lowest BCUT2D eigenvalue weighted by Crippen LogP contribution is -2.28. The Bertz CT molecular complexity index is 1240. The van der Waals surface area contributed by atoms with Crippen molar-refractivity contribution in [2.24, 2.45) is 0 Å². The fourth-order valence-corrected chi connectivity index (χ4v) is 3.41. The number of hydrogen-bond acceptors (Lipinski definition) is 4. The van der Waals surface area contributed by atoms with Gasteiger partial charge in [-0.25, -0.2) is 4.52 Å². The lowest BCUT2D eigenvalue weighted by Gasteiger charge is -2.16. The molecule has 7 nitrogen and oxygen atoms in total. The Morgan fingerprint density at radius 1 is 1.19 bits per heavy atom. The molecule has 2 aromatic carbocycles. The van der Waals surface area contributed by atoms with Gasteiger partial charge in [0.15, 0.2) is 11.2 Å². The maximum absolute atomic E-state index is 12.8. The van der Waals surface area contributed by atoms with E-state index in [0.717, 1.165) is 16.7 Å². The summed E-state index contributed by atoms with van der Waals surface area (Å²) in [6.07, 6.45) is 0. The Morgan fingerprint density at radius 2 is 1.96 bits per heavy atom. The van der Waals surface area contributed by atoms with Crippen molar-refractivity contribution < 1.29 is 4.79 Å². The molecule has 0 bridgehead atoms. The minimum Gasteiger partial charge on any atom is -0.344 e. The van der Waals surface area contributed by atoms with Crippen LogP contribution in [0.5, 0.6) is 0 Å². The number of carbonyl (C=O) groups excluding carboxylic acids is 1. The number of aromatic amines is 1. The molecule has 0 aliphatic rings. The highest BCUT2D eigenvalue weighted by atomic mass is 16.2. The van der Waals surface area contributed by atoms with Gasteiger partial charge in [0.05, 0.1) is 17.1 Å². The number of hydrogen-bond donors (Lipinski definition) is 2. The van der Waals surface area contributed by atoms with Crippen LogP contribution in [-0.4, -0.2) is 25.7 Å². The standard InChI is InChI=1S/C20H19N5O2/c1-11-8-9-14(12(2)10-11)13(3)21-19(26)17-18-20(27)22-15-6-4-5-7-16(15)25(18)24-23-17/h4-10,13H,1-3H3,(H,21,26)(H,22,27)/t13-/m0/s1. The third-order valence-electron chi connectivity index (χ3n) is 4.72. The minimum absolute atomic E-state index is 0.0126. The first-order chi connectivity index (χ1) is 13.0. The number of carbonyl (C=O) groups is 1. The first kappa shape index (κ1) is 17.0. The summed E-state index contributed by atoms with van der Waals surface area (Å²) in [7, 11) is 0. The van der Waals surface area contributed by atoms with Gasteiger partial charge < -0.3 is 10.3 Å². The van der Waals surface area contributed by atoms with E-state index in [4.69, 9.17) is 0 Å². The fraction of sp³-hybridized carbons (Fsp3) is 0.200. The minimum atomic E-state index is -0.432. The zero-order valence-electron chi connectivity index (χ0n) is 15.3. The zero-order chi connectivity index (χ0) is 19.1. The molecule has 0 spiro atoms. The van der Waals surface area contributed by atoms with Gasteiger partial charge in [0.2, 0.25) is 0 Å². The highest BCUT2D eigenvalue weighted by Crippen LogP contribution is 2.19. The number of nitrogens with one attached hydrogen (secondary N) is 2. The van der Waals surface area contributed by atoms with Crippen molar-refractivity contribution in [3.05, 3.63) is 75.2 Å². The predicted octanol–water partition coefficient (Wildman–Crippen LogP) is 2.68. The van der Waals surface area contributed by atoms with Gasteiger partial charge in [0.25, 0.3) is 11.5 Å². The topological polar surface area (TPSA) is 92.2 Å². The third kappa shape index (κ3) is 2.87. The summed E-state index contributed by atoms with van der Waals surface area (Å²) in [6, 6.07) is 13.1. The van der Waals surface area contributed by atoms with Crippen LogP contribution in [0.3, 0.4) is 0 Å². The molecule has 1 amide bonds. The average Bonchev–Trinajstić information content (AvgIpc) is 3.08. The molecular weight excluding hydrogens is 342 g/mol. The summed E-state index contributed by atoms with van der Waals surface area (Å²) < 4.78 is 1.41. The highest BCUT2D eigenvalue weighted by molar-refractivity contribution is 5.99. The molecule has 0 aliphatic carbocycles. The monoisotopic (exact) mass is 361 g/mol. The molecule has 7 heteroatoms. The molecule has 1 atom stereocenters. The van der Waals surface area contributed by atoms with Crippen LogP contribution in [0.15, 0.2) is 47.3 Å². The number of aryl methyl sites for hydroxylation is 2. The van der Waals surface area contributed by atoms with E-state index in [9.17, 15) is 9.59 Å². The molecular formula is C20H19N5O2. The summed E-state index contributed by atoms with van der Waals surface area (Å²) >= 11 is 0. The number of rotatable bonds is 3. The van der Waals surface area contributed by atoms with E-state index in [1.807, 2.05) is 51.1 Å². The van der Waals surface area contributed by atoms with Gasteiger partial charge in [0.1, 0.15) is 0 Å². The number of para-hydroxylation sites is 2. The van der Waals surface area contributed by atoms with Crippen LogP contribution in [0.25, 0.3) is 16.6 Å². The largest absolute Gasteiger partial charge is 0.344 e. The van der Waals surface area contributed by atoms with E-state index in [-0.39, 0.29) is 17.3 Å². The van der Waals surface area contributed by atoms with Gasteiger partial charge in [-0.2, -0.15) is 0 Å². The number of nitrogens with zero attached hydrogens (tertiary/aromatic N) is 3. The lowest BCUT2D eigenvalue weighted by molar-refractivity contribution is 0.0936. The van der Waals surface area contributed by atoms with Crippen LogP contribution in [0, 0.1) is 13.8 Å². The lowest BCUT2D eigenvalue weighted by atomic mass is 10.0.